The minimum atomic E-state index is -1.39. The van der Waals surface area contributed by atoms with Crippen LogP contribution in [0.25, 0.3) is 0 Å². The molecule has 0 saturated heterocycles. The van der Waals surface area contributed by atoms with Crippen LogP contribution in [-0.2, 0) is 9.96 Å². The number of nitrogens with zero attached hydrogens (tertiary/aromatic N) is 1. The second kappa shape index (κ2) is 8.15. The van der Waals surface area contributed by atoms with E-state index in [1.807, 2.05) is 13.0 Å². The molecule has 3 N–H and O–H groups in total. The first-order valence-electron chi connectivity index (χ1n) is 8.66. The van der Waals surface area contributed by atoms with Gasteiger partial charge in [-0.05, 0) is 49.9 Å². The van der Waals surface area contributed by atoms with Crippen molar-refractivity contribution in [1.29, 1.82) is 5.26 Å². The van der Waals surface area contributed by atoms with Gasteiger partial charge in [-0.15, -0.1) is 0 Å². The van der Waals surface area contributed by atoms with Crippen LogP contribution < -0.4 is 5.73 Å². The Kier molecular flexibility index (Phi) is 7.03. The minimum Gasteiger partial charge on any atom is -0.508 e. The fraction of sp³-hybridized carbons (Fsp3) is 0.632. The standard InChI is InChI=1S/C19H32N2O2Si/c1-14-9-7-10-15(22)17(14)19(21,13-20)16(23-24(5)6)11-8-12-18(2,3)4/h7,9-10,16,22,24H,8,11-12,21H2,1-6H3. The quantitative estimate of drug-likeness (QED) is 0.731. The summed E-state index contributed by atoms with van der Waals surface area (Å²) in [5.74, 6) is 0.0638. The number of hydrogen-bond acceptors (Lipinski definition) is 4. The summed E-state index contributed by atoms with van der Waals surface area (Å²) in [7, 11) is -1.39. The molecule has 24 heavy (non-hydrogen) atoms. The molecule has 1 rings (SSSR count). The Bertz CT molecular complexity index is 570. The Labute approximate surface area is 148 Å². The van der Waals surface area contributed by atoms with Crippen molar-refractivity contribution in [3.63, 3.8) is 0 Å². The number of phenolic OH excluding ortho intramolecular Hbond substituents is 1. The van der Waals surface area contributed by atoms with Gasteiger partial charge < -0.3 is 15.3 Å². The van der Waals surface area contributed by atoms with Gasteiger partial charge in [0, 0.05) is 5.56 Å². The highest BCUT2D eigenvalue weighted by atomic mass is 28.3. The smallest absolute Gasteiger partial charge is 0.171 e. The minimum absolute atomic E-state index is 0.0638. The van der Waals surface area contributed by atoms with Gasteiger partial charge in [0.2, 0.25) is 0 Å². The largest absolute Gasteiger partial charge is 0.508 e. The molecule has 0 heterocycles. The summed E-state index contributed by atoms with van der Waals surface area (Å²) >= 11 is 0. The third kappa shape index (κ3) is 5.34. The average molecular weight is 349 g/mol. The zero-order chi connectivity index (χ0) is 18.5. The zero-order valence-electron chi connectivity index (χ0n) is 15.9. The van der Waals surface area contributed by atoms with E-state index in [2.05, 4.69) is 39.9 Å². The molecule has 0 saturated carbocycles. The van der Waals surface area contributed by atoms with Gasteiger partial charge in [0.1, 0.15) is 5.75 Å². The van der Waals surface area contributed by atoms with Crippen LogP contribution in [-0.4, -0.2) is 20.3 Å². The van der Waals surface area contributed by atoms with E-state index in [4.69, 9.17) is 10.2 Å². The van der Waals surface area contributed by atoms with E-state index in [0.29, 0.717) is 12.0 Å². The van der Waals surface area contributed by atoms with E-state index in [1.165, 1.54) is 0 Å². The number of nitrogens with two attached hydrogens (primary N) is 1. The molecule has 1 aromatic rings. The van der Waals surface area contributed by atoms with Gasteiger partial charge in [0.25, 0.3) is 0 Å². The first kappa shape index (κ1) is 20.7. The Morgan fingerprint density at radius 1 is 1.33 bits per heavy atom. The van der Waals surface area contributed by atoms with Gasteiger partial charge in [-0.2, -0.15) is 5.26 Å². The second-order valence-corrected chi connectivity index (χ2v) is 10.4. The molecule has 5 heteroatoms. The van der Waals surface area contributed by atoms with Crippen molar-refractivity contribution >= 4 is 9.04 Å². The molecular formula is C19H32N2O2Si. The number of aromatic hydroxyl groups is 1. The van der Waals surface area contributed by atoms with Crippen LogP contribution >= 0.6 is 0 Å². The van der Waals surface area contributed by atoms with Gasteiger partial charge in [-0.25, -0.2) is 0 Å². The van der Waals surface area contributed by atoms with Crippen LogP contribution in [0.2, 0.25) is 13.1 Å². The maximum atomic E-state index is 10.3. The number of aryl methyl sites for hydroxylation is 1. The monoisotopic (exact) mass is 348 g/mol. The predicted octanol–water partition coefficient (Wildman–Crippen LogP) is 3.96. The highest BCUT2D eigenvalue weighted by Crippen LogP contribution is 2.36. The molecule has 134 valence electrons. The molecule has 0 bridgehead atoms. The number of nitriles is 1. The molecule has 2 atom stereocenters. The Balaban J connectivity index is 3.18. The number of benzene rings is 1. The maximum Gasteiger partial charge on any atom is 0.171 e. The molecule has 0 fully saturated rings. The van der Waals surface area contributed by atoms with Crippen LogP contribution in [0.15, 0.2) is 18.2 Å². The lowest BCUT2D eigenvalue weighted by Crippen LogP contribution is -2.50. The van der Waals surface area contributed by atoms with E-state index < -0.39 is 20.7 Å². The van der Waals surface area contributed by atoms with Gasteiger partial charge >= 0.3 is 0 Å². The first-order valence-corrected chi connectivity index (χ1v) is 11.4. The van der Waals surface area contributed by atoms with Crippen LogP contribution in [0.5, 0.6) is 5.75 Å². The fourth-order valence-corrected chi connectivity index (χ4v) is 4.04. The third-order valence-electron chi connectivity index (χ3n) is 4.19. The van der Waals surface area contributed by atoms with E-state index in [-0.39, 0.29) is 11.2 Å². The van der Waals surface area contributed by atoms with Crippen molar-refractivity contribution in [3.8, 4) is 11.8 Å². The van der Waals surface area contributed by atoms with Crippen molar-refractivity contribution in [2.75, 3.05) is 0 Å². The number of phenols is 1. The van der Waals surface area contributed by atoms with Gasteiger partial charge in [-0.3, -0.25) is 0 Å². The van der Waals surface area contributed by atoms with Gasteiger partial charge in [0.15, 0.2) is 14.6 Å². The summed E-state index contributed by atoms with van der Waals surface area (Å²) in [6.45, 7) is 12.6. The molecule has 0 aliphatic rings. The lowest BCUT2D eigenvalue weighted by molar-refractivity contribution is 0.120. The van der Waals surface area contributed by atoms with Crippen LogP contribution in [0.4, 0.5) is 0 Å². The summed E-state index contributed by atoms with van der Waals surface area (Å²) < 4.78 is 6.17. The number of hydrogen-bond donors (Lipinski definition) is 2. The van der Waals surface area contributed by atoms with E-state index in [9.17, 15) is 10.4 Å². The van der Waals surface area contributed by atoms with Crippen LogP contribution in [0, 0.1) is 23.7 Å². The molecule has 1 aromatic carbocycles. The molecule has 0 radical (unpaired) electrons. The van der Waals surface area contributed by atoms with Crippen LogP contribution in [0.3, 0.4) is 0 Å². The lowest BCUT2D eigenvalue weighted by atomic mass is 9.80. The topological polar surface area (TPSA) is 79.3 Å². The molecular weight excluding hydrogens is 316 g/mol. The lowest BCUT2D eigenvalue weighted by Gasteiger charge is -2.35. The van der Waals surface area contributed by atoms with Crippen LogP contribution in [0.1, 0.15) is 51.2 Å². The summed E-state index contributed by atoms with van der Waals surface area (Å²) in [6.07, 6.45) is 2.26. The van der Waals surface area contributed by atoms with E-state index >= 15 is 0 Å². The highest BCUT2D eigenvalue weighted by Gasteiger charge is 2.41. The summed E-state index contributed by atoms with van der Waals surface area (Å²) in [5, 5.41) is 20.2. The highest BCUT2D eigenvalue weighted by molar-refractivity contribution is 6.48. The van der Waals surface area contributed by atoms with Crippen molar-refractivity contribution in [3.05, 3.63) is 29.3 Å². The molecule has 0 amide bonds. The fourth-order valence-electron chi connectivity index (χ4n) is 3.03. The third-order valence-corrected chi connectivity index (χ3v) is 5.06. The molecule has 2 unspecified atom stereocenters. The Morgan fingerprint density at radius 3 is 2.42 bits per heavy atom. The van der Waals surface area contributed by atoms with E-state index in [0.717, 1.165) is 18.4 Å². The maximum absolute atomic E-state index is 10.3. The Hall–Kier alpha value is -1.35. The SMILES string of the molecule is Cc1cccc(O)c1C(N)(C#N)C(CCCC(C)(C)C)O[SiH](C)C. The Morgan fingerprint density at radius 2 is 1.96 bits per heavy atom. The van der Waals surface area contributed by atoms with Crippen molar-refractivity contribution in [2.45, 2.75) is 71.7 Å². The molecule has 0 aromatic heterocycles. The summed E-state index contributed by atoms with van der Waals surface area (Å²) in [5.41, 5.74) is 6.73. The van der Waals surface area contributed by atoms with Gasteiger partial charge in [0.05, 0.1) is 12.2 Å². The van der Waals surface area contributed by atoms with E-state index in [1.54, 1.807) is 12.1 Å². The second-order valence-electron chi connectivity index (χ2n) is 8.08. The first-order chi connectivity index (χ1) is 11.0. The number of rotatable bonds is 7. The van der Waals surface area contributed by atoms with Crippen molar-refractivity contribution in [2.24, 2.45) is 11.1 Å². The zero-order valence-corrected chi connectivity index (χ0v) is 17.0. The molecule has 0 aliphatic carbocycles. The molecule has 0 spiro atoms. The normalized spacial score (nSPS) is 15.8. The van der Waals surface area contributed by atoms with Gasteiger partial charge in [-0.1, -0.05) is 39.3 Å². The average Bonchev–Trinajstić information content (AvgIpc) is 2.44. The molecule has 0 aliphatic heterocycles. The summed E-state index contributed by atoms with van der Waals surface area (Å²) in [6, 6.07) is 7.46. The van der Waals surface area contributed by atoms with Crippen molar-refractivity contribution < 1.29 is 9.53 Å². The summed E-state index contributed by atoms with van der Waals surface area (Å²) in [4.78, 5) is 0. The molecule has 4 nitrogen and oxygen atoms in total. The predicted molar refractivity (Wildman–Crippen MR) is 101 cm³/mol. The van der Waals surface area contributed by atoms with Crippen molar-refractivity contribution in [1.82, 2.24) is 0 Å².